The van der Waals surface area contributed by atoms with Gasteiger partial charge in [-0.05, 0) is 12.1 Å². The predicted molar refractivity (Wildman–Crippen MR) is 96.4 cm³/mol. The Morgan fingerprint density at radius 1 is 1.04 bits per heavy atom. The summed E-state index contributed by atoms with van der Waals surface area (Å²) in [5.41, 5.74) is 0.919. The fourth-order valence-electron chi connectivity index (χ4n) is 2.70. The van der Waals surface area contributed by atoms with E-state index in [2.05, 4.69) is 25.3 Å². The summed E-state index contributed by atoms with van der Waals surface area (Å²) in [6.45, 7) is 4.20. The summed E-state index contributed by atoms with van der Waals surface area (Å²) in [4.78, 5) is 2.33. The van der Waals surface area contributed by atoms with Gasteiger partial charge in [-0.15, -0.1) is 20.4 Å². The highest BCUT2D eigenvalue weighted by atomic mass is 32.2. The van der Waals surface area contributed by atoms with E-state index in [1.165, 1.54) is 0 Å². The molecule has 0 aliphatic carbocycles. The molecular formula is C17H20N6O2S. The van der Waals surface area contributed by atoms with Crippen molar-refractivity contribution in [2.24, 2.45) is 7.05 Å². The first-order chi connectivity index (χ1) is 12.8. The summed E-state index contributed by atoms with van der Waals surface area (Å²) in [5, 5.41) is 17.7. The Hall–Kier alpha value is -2.23. The fourth-order valence-corrected chi connectivity index (χ4v) is 3.47. The smallest absolute Gasteiger partial charge is 0.247 e. The van der Waals surface area contributed by atoms with E-state index in [1.807, 2.05) is 41.9 Å². The number of rotatable bonds is 6. The van der Waals surface area contributed by atoms with Crippen molar-refractivity contribution >= 4 is 11.8 Å². The second-order valence-corrected chi connectivity index (χ2v) is 6.94. The molecule has 2 aromatic heterocycles. The maximum absolute atomic E-state index is 5.74. The van der Waals surface area contributed by atoms with Gasteiger partial charge in [-0.1, -0.05) is 30.0 Å². The maximum atomic E-state index is 5.74. The summed E-state index contributed by atoms with van der Waals surface area (Å²) in [7, 11) is 1.99. The Kier molecular flexibility index (Phi) is 5.28. The standard InChI is InChI=1S/C17H20N6O2S/c1-22-14(11-23-7-9-24-10-8-23)18-21-17(22)26-12-15-19-20-16(25-15)13-5-3-2-4-6-13/h2-6H,7-12H2,1H3. The topological polar surface area (TPSA) is 82.1 Å². The summed E-state index contributed by atoms with van der Waals surface area (Å²) in [5.74, 6) is 2.62. The zero-order valence-corrected chi connectivity index (χ0v) is 15.4. The van der Waals surface area contributed by atoms with E-state index in [4.69, 9.17) is 9.15 Å². The fraction of sp³-hybridized carbons (Fsp3) is 0.412. The SMILES string of the molecule is Cn1c(CN2CCOCC2)nnc1SCc1nnc(-c2ccccc2)o1. The number of ether oxygens (including phenoxy) is 1. The number of hydrogen-bond donors (Lipinski definition) is 0. The average Bonchev–Trinajstić information content (AvgIpc) is 3.29. The number of hydrogen-bond acceptors (Lipinski definition) is 8. The largest absolute Gasteiger partial charge is 0.420 e. The van der Waals surface area contributed by atoms with E-state index < -0.39 is 0 Å². The van der Waals surface area contributed by atoms with Crippen LogP contribution in [0.2, 0.25) is 0 Å². The van der Waals surface area contributed by atoms with Crippen molar-refractivity contribution in [3.05, 3.63) is 42.0 Å². The normalized spacial score (nSPS) is 15.4. The van der Waals surface area contributed by atoms with Crippen LogP contribution in [0.15, 0.2) is 39.9 Å². The molecule has 0 N–H and O–H groups in total. The highest BCUT2D eigenvalue weighted by Crippen LogP contribution is 2.23. The molecule has 9 heteroatoms. The van der Waals surface area contributed by atoms with Crippen LogP contribution < -0.4 is 0 Å². The molecule has 0 saturated carbocycles. The molecule has 3 aromatic rings. The number of benzene rings is 1. The molecule has 1 aromatic carbocycles. The van der Waals surface area contributed by atoms with Gasteiger partial charge in [0, 0.05) is 25.7 Å². The van der Waals surface area contributed by atoms with Crippen molar-refractivity contribution in [3.63, 3.8) is 0 Å². The van der Waals surface area contributed by atoms with Crippen LogP contribution >= 0.6 is 11.8 Å². The Labute approximate surface area is 155 Å². The quantitative estimate of drug-likeness (QED) is 0.608. The van der Waals surface area contributed by atoms with Crippen molar-refractivity contribution in [3.8, 4) is 11.5 Å². The minimum Gasteiger partial charge on any atom is -0.420 e. The number of aromatic nitrogens is 5. The van der Waals surface area contributed by atoms with Crippen LogP contribution in [0.25, 0.3) is 11.5 Å². The molecule has 8 nitrogen and oxygen atoms in total. The molecular weight excluding hydrogens is 352 g/mol. The van der Waals surface area contributed by atoms with Crippen LogP contribution in [-0.4, -0.2) is 56.2 Å². The van der Waals surface area contributed by atoms with E-state index in [0.717, 1.165) is 49.4 Å². The Bertz CT molecular complexity index is 844. The van der Waals surface area contributed by atoms with Gasteiger partial charge in [0.2, 0.25) is 11.8 Å². The second-order valence-electron chi connectivity index (χ2n) is 6.00. The lowest BCUT2D eigenvalue weighted by atomic mass is 10.2. The van der Waals surface area contributed by atoms with Gasteiger partial charge in [0.1, 0.15) is 5.82 Å². The second kappa shape index (κ2) is 7.98. The third kappa shape index (κ3) is 3.95. The number of nitrogens with zero attached hydrogens (tertiary/aromatic N) is 6. The van der Waals surface area contributed by atoms with Crippen LogP contribution in [0.1, 0.15) is 11.7 Å². The molecule has 26 heavy (non-hydrogen) atoms. The molecule has 4 rings (SSSR count). The van der Waals surface area contributed by atoms with E-state index in [0.29, 0.717) is 17.5 Å². The van der Waals surface area contributed by atoms with E-state index in [9.17, 15) is 0 Å². The van der Waals surface area contributed by atoms with Crippen molar-refractivity contribution < 1.29 is 9.15 Å². The molecule has 136 valence electrons. The summed E-state index contributed by atoms with van der Waals surface area (Å²) in [6.07, 6.45) is 0. The molecule has 0 spiro atoms. The first-order valence-electron chi connectivity index (χ1n) is 8.48. The molecule has 0 bridgehead atoms. The van der Waals surface area contributed by atoms with Gasteiger partial charge in [0.15, 0.2) is 5.16 Å². The molecule has 0 unspecified atom stereocenters. The van der Waals surface area contributed by atoms with Gasteiger partial charge in [-0.2, -0.15) is 0 Å². The highest BCUT2D eigenvalue weighted by molar-refractivity contribution is 7.98. The lowest BCUT2D eigenvalue weighted by Crippen LogP contribution is -2.36. The van der Waals surface area contributed by atoms with Crippen molar-refractivity contribution in [1.29, 1.82) is 0 Å². The lowest BCUT2D eigenvalue weighted by molar-refractivity contribution is 0.0326. The minimum atomic E-state index is 0.534. The zero-order chi connectivity index (χ0) is 17.8. The summed E-state index contributed by atoms with van der Waals surface area (Å²) < 4.78 is 13.1. The van der Waals surface area contributed by atoms with Crippen LogP contribution in [0.4, 0.5) is 0 Å². The predicted octanol–water partition coefficient (Wildman–Crippen LogP) is 1.99. The van der Waals surface area contributed by atoms with Gasteiger partial charge >= 0.3 is 0 Å². The van der Waals surface area contributed by atoms with Gasteiger partial charge in [0.25, 0.3) is 0 Å². The van der Waals surface area contributed by atoms with Gasteiger partial charge in [-0.3, -0.25) is 4.90 Å². The van der Waals surface area contributed by atoms with Crippen LogP contribution in [0, 0.1) is 0 Å². The Morgan fingerprint density at radius 3 is 2.65 bits per heavy atom. The molecule has 0 radical (unpaired) electrons. The monoisotopic (exact) mass is 372 g/mol. The molecule has 1 aliphatic heterocycles. The molecule has 3 heterocycles. The third-order valence-corrected chi connectivity index (χ3v) is 5.21. The number of morpholine rings is 1. The van der Waals surface area contributed by atoms with E-state index in [1.54, 1.807) is 11.8 Å². The van der Waals surface area contributed by atoms with Crippen LogP contribution in [0.5, 0.6) is 0 Å². The average molecular weight is 372 g/mol. The molecule has 0 atom stereocenters. The molecule has 0 amide bonds. The minimum absolute atomic E-state index is 0.534. The third-order valence-electron chi connectivity index (χ3n) is 4.21. The van der Waals surface area contributed by atoms with Crippen molar-refractivity contribution in [2.75, 3.05) is 26.3 Å². The maximum Gasteiger partial charge on any atom is 0.247 e. The first kappa shape index (κ1) is 17.2. The molecule has 1 aliphatic rings. The Morgan fingerprint density at radius 2 is 1.85 bits per heavy atom. The van der Waals surface area contributed by atoms with E-state index in [-0.39, 0.29) is 0 Å². The van der Waals surface area contributed by atoms with Gasteiger partial charge in [0.05, 0.1) is 25.5 Å². The van der Waals surface area contributed by atoms with Crippen LogP contribution in [0.3, 0.4) is 0 Å². The highest BCUT2D eigenvalue weighted by Gasteiger charge is 2.17. The van der Waals surface area contributed by atoms with Crippen molar-refractivity contribution in [2.45, 2.75) is 17.5 Å². The first-order valence-corrected chi connectivity index (χ1v) is 9.47. The number of thioether (sulfide) groups is 1. The zero-order valence-electron chi connectivity index (χ0n) is 14.5. The van der Waals surface area contributed by atoms with Crippen molar-refractivity contribution in [1.82, 2.24) is 29.9 Å². The molecule has 1 saturated heterocycles. The van der Waals surface area contributed by atoms with Gasteiger partial charge < -0.3 is 13.7 Å². The summed E-state index contributed by atoms with van der Waals surface area (Å²) >= 11 is 1.54. The summed E-state index contributed by atoms with van der Waals surface area (Å²) in [6, 6.07) is 9.75. The van der Waals surface area contributed by atoms with Crippen LogP contribution in [-0.2, 0) is 24.1 Å². The Balaban J connectivity index is 1.37. The molecule has 1 fully saturated rings. The lowest BCUT2D eigenvalue weighted by Gasteiger charge is -2.25. The van der Waals surface area contributed by atoms with E-state index >= 15 is 0 Å². The van der Waals surface area contributed by atoms with Gasteiger partial charge in [-0.25, -0.2) is 0 Å².